The first-order chi connectivity index (χ1) is 10.2. The highest BCUT2D eigenvalue weighted by Crippen LogP contribution is 2.22. The summed E-state index contributed by atoms with van der Waals surface area (Å²) >= 11 is 0. The van der Waals surface area contributed by atoms with Crippen LogP contribution in [0, 0.1) is 0 Å². The molecule has 0 aliphatic heterocycles. The average Bonchev–Trinajstić information content (AvgIpc) is 2.54. The molecule has 2 rings (SSSR count). The normalized spacial score (nSPS) is 11.7. The lowest BCUT2D eigenvalue weighted by molar-refractivity contribution is -0.144. The van der Waals surface area contributed by atoms with E-state index in [1.807, 2.05) is 54.6 Å². The lowest BCUT2D eigenvalue weighted by atomic mass is 10.1. The molecule has 0 saturated carbocycles. The van der Waals surface area contributed by atoms with Crippen LogP contribution >= 0.6 is 0 Å². The van der Waals surface area contributed by atoms with Crippen LogP contribution in [0.3, 0.4) is 0 Å². The lowest BCUT2D eigenvalue weighted by Gasteiger charge is -2.19. The van der Waals surface area contributed by atoms with E-state index in [4.69, 9.17) is 4.74 Å². The first-order valence-electron chi connectivity index (χ1n) is 6.92. The van der Waals surface area contributed by atoms with E-state index in [0.29, 0.717) is 6.61 Å². The van der Waals surface area contributed by atoms with Gasteiger partial charge in [-0.1, -0.05) is 42.5 Å². The Labute approximate surface area is 124 Å². The fraction of sp³-hybridized carbons (Fsp3) is 0.235. The van der Waals surface area contributed by atoms with Crippen molar-refractivity contribution in [1.29, 1.82) is 0 Å². The predicted molar refractivity (Wildman–Crippen MR) is 81.8 cm³/mol. The van der Waals surface area contributed by atoms with Crippen molar-refractivity contribution in [2.24, 2.45) is 0 Å². The molecule has 0 fully saturated rings. The van der Waals surface area contributed by atoms with E-state index in [9.17, 15) is 9.90 Å². The number of aliphatic hydroxyl groups is 1. The molecule has 0 aliphatic rings. The van der Waals surface area contributed by atoms with Gasteiger partial charge in [0.25, 0.3) is 0 Å². The fourth-order valence-electron chi connectivity index (χ4n) is 2.08. The minimum atomic E-state index is -0.569. The Kier molecular flexibility index (Phi) is 5.35. The molecule has 0 aliphatic carbocycles. The Bertz CT molecular complexity index is 584. The first kappa shape index (κ1) is 15.1. The summed E-state index contributed by atoms with van der Waals surface area (Å²) in [6, 6.07) is 16.2. The van der Waals surface area contributed by atoms with Gasteiger partial charge in [-0.2, -0.15) is 0 Å². The van der Waals surface area contributed by atoms with Crippen LogP contribution in [0.4, 0.5) is 5.69 Å². The summed E-state index contributed by atoms with van der Waals surface area (Å²) in [5, 5.41) is 12.4. The lowest BCUT2D eigenvalue weighted by Crippen LogP contribution is -2.23. The van der Waals surface area contributed by atoms with Crippen LogP contribution in [-0.2, 0) is 16.1 Å². The second-order valence-corrected chi connectivity index (χ2v) is 4.60. The number of aliphatic hydroxyl groups excluding tert-OH is 1. The number of ether oxygens (including phenoxy) is 1. The topological polar surface area (TPSA) is 58.6 Å². The smallest absolute Gasteiger partial charge is 0.333 e. The van der Waals surface area contributed by atoms with Crippen molar-refractivity contribution < 1.29 is 14.6 Å². The van der Waals surface area contributed by atoms with Crippen LogP contribution < -0.4 is 5.32 Å². The molecule has 2 N–H and O–H groups in total. The maximum atomic E-state index is 12.2. The van der Waals surface area contributed by atoms with Gasteiger partial charge in [-0.3, -0.25) is 0 Å². The quantitative estimate of drug-likeness (QED) is 0.801. The van der Waals surface area contributed by atoms with Gasteiger partial charge >= 0.3 is 5.97 Å². The van der Waals surface area contributed by atoms with Crippen molar-refractivity contribution in [3.8, 4) is 0 Å². The minimum Gasteiger partial charge on any atom is -0.464 e. The minimum absolute atomic E-state index is 0.0368. The van der Waals surface area contributed by atoms with Crippen LogP contribution in [0.25, 0.3) is 0 Å². The second-order valence-electron chi connectivity index (χ2n) is 4.60. The number of carbonyl (C=O) groups excluding carboxylic acids is 1. The third-order valence-electron chi connectivity index (χ3n) is 3.08. The highest BCUT2D eigenvalue weighted by molar-refractivity contribution is 5.81. The average molecular weight is 285 g/mol. The zero-order valence-corrected chi connectivity index (χ0v) is 12.0. The number of anilines is 1. The van der Waals surface area contributed by atoms with Gasteiger partial charge in [-0.05, 0) is 30.2 Å². The van der Waals surface area contributed by atoms with Crippen molar-refractivity contribution in [3.05, 3.63) is 65.7 Å². The van der Waals surface area contributed by atoms with E-state index in [2.05, 4.69) is 5.32 Å². The van der Waals surface area contributed by atoms with Gasteiger partial charge in [0.1, 0.15) is 0 Å². The molecule has 0 spiro atoms. The van der Waals surface area contributed by atoms with Crippen LogP contribution in [-0.4, -0.2) is 17.7 Å². The molecule has 2 aromatic rings. The SMILES string of the molecule is CCOC(=O)C(Nc1cccc(CO)c1)c1ccccc1. The molecule has 4 nitrogen and oxygen atoms in total. The summed E-state index contributed by atoms with van der Waals surface area (Å²) < 4.78 is 5.14. The van der Waals surface area contributed by atoms with E-state index in [0.717, 1.165) is 16.8 Å². The molecule has 1 unspecified atom stereocenters. The molecule has 0 saturated heterocycles. The van der Waals surface area contributed by atoms with E-state index in [-0.39, 0.29) is 12.6 Å². The second kappa shape index (κ2) is 7.45. The third kappa shape index (κ3) is 4.07. The number of rotatable bonds is 6. The molecule has 4 heteroatoms. The molecule has 2 aromatic carbocycles. The van der Waals surface area contributed by atoms with Crippen LogP contribution in [0.5, 0.6) is 0 Å². The molecule has 0 radical (unpaired) electrons. The predicted octanol–water partition coefficient (Wildman–Crippen LogP) is 2.90. The monoisotopic (exact) mass is 285 g/mol. The molecule has 0 aromatic heterocycles. The highest BCUT2D eigenvalue weighted by atomic mass is 16.5. The number of nitrogens with one attached hydrogen (secondary N) is 1. The number of benzene rings is 2. The summed E-state index contributed by atoms with van der Waals surface area (Å²) in [7, 11) is 0. The molecule has 1 atom stereocenters. The summed E-state index contributed by atoms with van der Waals surface area (Å²) in [5.74, 6) is -0.321. The number of carbonyl (C=O) groups is 1. The Morgan fingerprint density at radius 2 is 1.95 bits per heavy atom. The van der Waals surface area contributed by atoms with Gasteiger partial charge in [0.05, 0.1) is 13.2 Å². The van der Waals surface area contributed by atoms with Gasteiger partial charge in [0.15, 0.2) is 6.04 Å². The van der Waals surface area contributed by atoms with Crippen LogP contribution in [0.15, 0.2) is 54.6 Å². The molecule has 0 amide bonds. The van der Waals surface area contributed by atoms with Crippen LogP contribution in [0.2, 0.25) is 0 Å². The number of esters is 1. The Hall–Kier alpha value is -2.33. The summed E-state index contributed by atoms with van der Waals surface area (Å²) in [6.07, 6.45) is 0. The van der Waals surface area contributed by atoms with Gasteiger partial charge in [0.2, 0.25) is 0 Å². The van der Waals surface area contributed by atoms with Crippen molar-refractivity contribution in [2.75, 3.05) is 11.9 Å². The largest absolute Gasteiger partial charge is 0.464 e. The Morgan fingerprint density at radius 1 is 1.19 bits per heavy atom. The maximum absolute atomic E-state index is 12.2. The Balaban J connectivity index is 2.25. The molecule has 21 heavy (non-hydrogen) atoms. The first-order valence-corrected chi connectivity index (χ1v) is 6.92. The summed E-state index contributed by atoms with van der Waals surface area (Å²) in [6.45, 7) is 2.08. The van der Waals surface area contributed by atoms with Crippen molar-refractivity contribution in [2.45, 2.75) is 19.6 Å². The number of hydrogen-bond acceptors (Lipinski definition) is 4. The van der Waals surface area contributed by atoms with E-state index in [1.165, 1.54) is 0 Å². The van der Waals surface area contributed by atoms with Crippen molar-refractivity contribution >= 4 is 11.7 Å². The summed E-state index contributed by atoms with van der Waals surface area (Å²) in [4.78, 5) is 12.2. The molecule has 0 bridgehead atoms. The van der Waals surface area contributed by atoms with Crippen LogP contribution in [0.1, 0.15) is 24.1 Å². The maximum Gasteiger partial charge on any atom is 0.333 e. The molecule has 0 heterocycles. The van der Waals surface area contributed by atoms with Crippen molar-refractivity contribution in [3.63, 3.8) is 0 Å². The zero-order chi connectivity index (χ0) is 15.1. The fourth-order valence-corrected chi connectivity index (χ4v) is 2.08. The summed E-state index contributed by atoms with van der Waals surface area (Å²) in [5.41, 5.74) is 2.39. The van der Waals surface area contributed by atoms with Gasteiger partial charge in [-0.25, -0.2) is 4.79 Å². The standard InChI is InChI=1S/C17H19NO3/c1-2-21-17(20)16(14-8-4-3-5-9-14)18-15-10-6-7-13(11-15)12-19/h3-11,16,18-19H,2,12H2,1H3. The highest BCUT2D eigenvalue weighted by Gasteiger charge is 2.21. The molecular weight excluding hydrogens is 266 g/mol. The van der Waals surface area contributed by atoms with Gasteiger partial charge in [0, 0.05) is 5.69 Å². The van der Waals surface area contributed by atoms with E-state index >= 15 is 0 Å². The Morgan fingerprint density at radius 3 is 2.62 bits per heavy atom. The van der Waals surface area contributed by atoms with Crippen molar-refractivity contribution in [1.82, 2.24) is 0 Å². The van der Waals surface area contributed by atoms with E-state index < -0.39 is 6.04 Å². The van der Waals surface area contributed by atoms with Gasteiger partial charge in [-0.15, -0.1) is 0 Å². The van der Waals surface area contributed by atoms with Gasteiger partial charge < -0.3 is 15.2 Å². The molecule has 110 valence electrons. The van der Waals surface area contributed by atoms with E-state index in [1.54, 1.807) is 6.92 Å². The molecular formula is C17H19NO3. The third-order valence-corrected chi connectivity index (χ3v) is 3.08. The zero-order valence-electron chi connectivity index (χ0n) is 12.0. The number of hydrogen-bond donors (Lipinski definition) is 2.